The average Bonchev–Trinajstić information content (AvgIpc) is 2.97. The maximum absolute atomic E-state index is 12.2. The van der Waals surface area contributed by atoms with Crippen molar-refractivity contribution < 1.29 is 22.2 Å². The zero-order valence-electron chi connectivity index (χ0n) is 16.3. The second-order valence-corrected chi connectivity index (χ2v) is 9.63. The van der Waals surface area contributed by atoms with Gasteiger partial charge in [0.1, 0.15) is 12.3 Å². The van der Waals surface area contributed by atoms with Crippen molar-refractivity contribution in [3.63, 3.8) is 0 Å². The predicted octanol–water partition coefficient (Wildman–Crippen LogP) is 0.814. The van der Waals surface area contributed by atoms with Gasteiger partial charge in [0, 0.05) is 18.0 Å². The molecule has 0 radical (unpaired) electrons. The second-order valence-electron chi connectivity index (χ2n) is 7.02. The van der Waals surface area contributed by atoms with Gasteiger partial charge in [-0.15, -0.1) is 0 Å². The molecule has 3 N–H and O–H groups in total. The number of anilines is 2. The lowest BCUT2D eigenvalue weighted by Crippen LogP contribution is -2.38. The topological polar surface area (TPSA) is 135 Å². The fraction of sp³-hybridized carbons (Fsp3) is 0.412. The first-order chi connectivity index (χ1) is 13.6. The lowest BCUT2D eigenvalue weighted by molar-refractivity contribution is -0.117. The van der Waals surface area contributed by atoms with Gasteiger partial charge in [-0.2, -0.15) is 8.42 Å². The van der Waals surface area contributed by atoms with Gasteiger partial charge < -0.3 is 4.74 Å². The Morgan fingerprint density at radius 1 is 1.38 bits per heavy atom. The van der Waals surface area contributed by atoms with Gasteiger partial charge in [-0.25, -0.2) is 9.35 Å². The van der Waals surface area contributed by atoms with Crippen LogP contribution in [0.2, 0.25) is 0 Å². The average molecular weight is 442 g/mol. The number of benzene rings is 1. The van der Waals surface area contributed by atoms with Crippen LogP contribution in [0.25, 0.3) is 10.9 Å². The van der Waals surface area contributed by atoms with Crippen LogP contribution in [-0.4, -0.2) is 43.7 Å². The Labute approximate surface area is 171 Å². The zero-order valence-corrected chi connectivity index (χ0v) is 17.9. The van der Waals surface area contributed by atoms with Gasteiger partial charge in [0.2, 0.25) is 11.2 Å². The van der Waals surface area contributed by atoms with Crippen molar-refractivity contribution in [3.8, 4) is 5.75 Å². The molecular weight excluding hydrogens is 418 g/mol. The smallest absolute Gasteiger partial charge is 0.299 e. The van der Waals surface area contributed by atoms with Gasteiger partial charge in [-0.05, 0) is 24.5 Å². The van der Waals surface area contributed by atoms with Crippen LogP contribution >= 0.6 is 0 Å². The molecule has 0 saturated carbocycles. The summed E-state index contributed by atoms with van der Waals surface area (Å²) in [5.74, 6) is 0.316. The van der Waals surface area contributed by atoms with E-state index in [1.165, 1.54) is 17.6 Å². The van der Waals surface area contributed by atoms with Crippen molar-refractivity contribution in [2.75, 3.05) is 28.8 Å². The van der Waals surface area contributed by atoms with Crippen LogP contribution in [0.5, 0.6) is 5.75 Å². The number of rotatable bonds is 7. The van der Waals surface area contributed by atoms with E-state index in [0.717, 1.165) is 4.31 Å². The van der Waals surface area contributed by atoms with Gasteiger partial charge in [0.05, 0.1) is 30.2 Å². The van der Waals surface area contributed by atoms with Gasteiger partial charge in [0.15, 0.2) is 0 Å². The van der Waals surface area contributed by atoms with E-state index >= 15 is 0 Å². The largest absolute Gasteiger partial charge is 0.494 e. The second kappa shape index (κ2) is 8.13. The third-order valence-electron chi connectivity index (χ3n) is 4.43. The molecule has 0 aliphatic carbocycles. The molecule has 10 nitrogen and oxygen atoms in total. The van der Waals surface area contributed by atoms with E-state index in [-0.39, 0.29) is 19.0 Å². The number of carbonyl (C=O) groups is 1. The van der Waals surface area contributed by atoms with Gasteiger partial charge >= 0.3 is 0 Å². The molecular formula is C17H23N5O5S2. The highest BCUT2D eigenvalue weighted by Gasteiger charge is 2.29. The fourth-order valence-electron chi connectivity index (χ4n) is 2.96. The Morgan fingerprint density at radius 3 is 2.66 bits per heavy atom. The summed E-state index contributed by atoms with van der Waals surface area (Å²) in [6.45, 7) is 4.12. The van der Waals surface area contributed by atoms with Crippen LogP contribution < -0.4 is 23.2 Å². The fourth-order valence-corrected chi connectivity index (χ4v) is 4.63. The normalized spacial score (nSPS) is 17.1. The Balaban J connectivity index is 2.08. The first-order valence-corrected chi connectivity index (χ1v) is 11.5. The Morgan fingerprint density at radius 2 is 2.10 bits per heavy atom. The van der Waals surface area contributed by atoms with Crippen LogP contribution in [-0.2, 0) is 26.2 Å². The monoisotopic (exact) mass is 441 g/mol. The molecule has 1 atom stereocenters. The number of hydrogen-bond acceptors (Lipinski definition) is 6. The van der Waals surface area contributed by atoms with Crippen LogP contribution in [0.3, 0.4) is 0 Å². The van der Waals surface area contributed by atoms with Crippen molar-refractivity contribution in [2.45, 2.75) is 20.3 Å². The summed E-state index contributed by atoms with van der Waals surface area (Å²) in [6, 6.07) is 4.95. The highest BCUT2D eigenvalue weighted by Crippen LogP contribution is 2.35. The minimum Gasteiger partial charge on any atom is -0.494 e. The van der Waals surface area contributed by atoms with E-state index in [0.29, 0.717) is 40.4 Å². The number of pyridine rings is 1. The van der Waals surface area contributed by atoms with Crippen molar-refractivity contribution >= 4 is 49.6 Å². The molecule has 1 fully saturated rings. The number of aromatic nitrogens is 1. The number of nitrogens with one attached hydrogen (secondary N) is 1. The van der Waals surface area contributed by atoms with Crippen molar-refractivity contribution in [1.82, 2.24) is 9.71 Å². The minimum atomic E-state index is -3.98. The van der Waals surface area contributed by atoms with E-state index in [2.05, 4.69) is 9.71 Å². The number of methoxy groups -OCH3 is 1. The summed E-state index contributed by atoms with van der Waals surface area (Å²) in [5, 5.41) is 6.00. The molecule has 12 heteroatoms. The van der Waals surface area contributed by atoms with Crippen molar-refractivity contribution in [1.29, 1.82) is 0 Å². The molecule has 1 saturated heterocycles. The minimum absolute atomic E-state index is 0.0840. The molecule has 29 heavy (non-hydrogen) atoms. The van der Waals surface area contributed by atoms with Crippen molar-refractivity contribution in [3.05, 3.63) is 24.4 Å². The van der Waals surface area contributed by atoms with E-state index in [1.54, 1.807) is 18.2 Å². The third kappa shape index (κ3) is 4.60. The summed E-state index contributed by atoms with van der Waals surface area (Å²) < 4.78 is 46.5. The number of nitrogens with two attached hydrogens (primary N) is 1. The number of hydrogen-bond donors (Lipinski definition) is 2. The molecule has 1 aromatic heterocycles. The highest BCUT2D eigenvalue weighted by molar-refractivity contribution is 7.90. The molecule has 0 bridgehead atoms. The van der Waals surface area contributed by atoms with E-state index in [4.69, 9.17) is 9.88 Å². The van der Waals surface area contributed by atoms with E-state index in [1.807, 2.05) is 13.8 Å². The molecule has 1 aliphatic rings. The number of carbonyl (C=O) groups excluding carboxylic acids is 1. The lowest BCUT2D eigenvalue weighted by atomic mass is 10.1. The summed E-state index contributed by atoms with van der Waals surface area (Å²) >= 11 is -1.73. The lowest BCUT2D eigenvalue weighted by Gasteiger charge is -2.23. The van der Waals surface area contributed by atoms with Crippen molar-refractivity contribution in [2.24, 2.45) is 11.1 Å². The van der Waals surface area contributed by atoms with E-state index < -0.39 is 21.4 Å². The molecule has 1 aromatic carbocycles. The number of fused-ring (bicyclic) bond motifs is 1. The zero-order chi connectivity index (χ0) is 21.3. The SMILES string of the molecule is COc1cc2ncc(N(CCC(C)C)S(N)(=O)=O)cc2cc1N1CC(=O)NS1=O. The molecule has 2 aromatic rings. The number of ether oxygens (including phenoxy) is 1. The summed E-state index contributed by atoms with van der Waals surface area (Å²) in [6.07, 6.45) is 2.06. The Hall–Kier alpha value is -2.44. The first-order valence-electron chi connectivity index (χ1n) is 8.87. The number of amides is 1. The molecule has 158 valence electrons. The molecule has 1 unspecified atom stereocenters. The predicted molar refractivity (Wildman–Crippen MR) is 112 cm³/mol. The molecule has 1 aliphatic heterocycles. The molecule has 0 spiro atoms. The maximum atomic E-state index is 12.2. The van der Waals surface area contributed by atoms with Crippen LogP contribution in [0, 0.1) is 5.92 Å². The van der Waals surface area contributed by atoms with Gasteiger partial charge in [-0.3, -0.25) is 23.1 Å². The van der Waals surface area contributed by atoms with Crippen LogP contribution in [0.15, 0.2) is 24.4 Å². The first kappa shape index (κ1) is 21.3. The standard InChI is InChI=1S/C17H23N5O5S2/c1-11(2)4-5-22(29(18,25)26)13-6-12-7-15(21-10-17(23)20-28(21)24)16(27-3)8-14(12)19-9-13/h6-9,11H,4-5,10H2,1-3H3,(H,20,23)(H2,18,25,26). The molecule has 1 amide bonds. The Bertz CT molecular complexity index is 1070. The quantitative estimate of drug-likeness (QED) is 0.653. The Kier molecular flexibility index (Phi) is 5.96. The maximum Gasteiger partial charge on any atom is 0.299 e. The van der Waals surface area contributed by atoms with Gasteiger partial charge in [-0.1, -0.05) is 13.8 Å². The van der Waals surface area contributed by atoms with Gasteiger partial charge in [0.25, 0.3) is 16.1 Å². The summed E-state index contributed by atoms with van der Waals surface area (Å²) in [4.78, 5) is 15.9. The molecule has 2 heterocycles. The van der Waals surface area contributed by atoms with E-state index in [9.17, 15) is 17.4 Å². The third-order valence-corrected chi connectivity index (χ3v) is 6.57. The highest BCUT2D eigenvalue weighted by atomic mass is 32.2. The molecule has 3 rings (SSSR count). The number of nitrogens with zero attached hydrogens (tertiary/aromatic N) is 3. The summed E-state index contributed by atoms with van der Waals surface area (Å²) in [7, 11) is -2.52. The summed E-state index contributed by atoms with van der Waals surface area (Å²) in [5.41, 5.74) is 1.31. The van der Waals surface area contributed by atoms with Crippen LogP contribution in [0.4, 0.5) is 11.4 Å². The van der Waals surface area contributed by atoms with Crippen LogP contribution in [0.1, 0.15) is 20.3 Å².